The maximum atomic E-state index is 12.4. The van der Waals surface area contributed by atoms with Gasteiger partial charge in [-0.1, -0.05) is 24.3 Å². The summed E-state index contributed by atoms with van der Waals surface area (Å²) in [4.78, 5) is 12.4. The van der Waals surface area contributed by atoms with Gasteiger partial charge in [0.05, 0.1) is 5.56 Å². The predicted molar refractivity (Wildman–Crippen MR) is 100 cm³/mol. The second-order valence-corrected chi connectivity index (χ2v) is 7.73. The van der Waals surface area contributed by atoms with Crippen LogP contribution in [0.4, 0.5) is 0 Å². The van der Waals surface area contributed by atoms with E-state index in [-0.39, 0.29) is 40.8 Å². The van der Waals surface area contributed by atoms with Gasteiger partial charge in [-0.3, -0.25) is 4.79 Å². The van der Waals surface area contributed by atoms with Crippen molar-refractivity contribution in [1.29, 1.82) is 0 Å². The molecule has 1 aliphatic heterocycles. The van der Waals surface area contributed by atoms with Crippen molar-refractivity contribution in [3.63, 3.8) is 0 Å². The molecular formula is C17H22ClN3O4S. The zero-order valence-electron chi connectivity index (χ0n) is 14.5. The molecule has 0 aliphatic carbocycles. The summed E-state index contributed by atoms with van der Waals surface area (Å²) in [6.45, 7) is 2.83. The van der Waals surface area contributed by atoms with E-state index in [1.54, 1.807) is 6.92 Å². The number of sulfonamides is 1. The molecule has 1 amide bonds. The Morgan fingerprint density at radius 3 is 2.81 bits per heavy atom. The molecule has 2 heterocycles. The molecule has 1 aromatic carbocycles. The molecule has 0 saturated heterocycles. The molecule has 26 heavy (non-hydrogen) atoms. The maximum Gasteiger partial charge on any atom is 0.273 e. The van der Waals surface area contributed by atoms with Crippen molar-refractivity contribution in [3.8, 4) is 0 Å². The monoisotopic (exact) mass is 399 g/mol. The molecule has 2 aromatic rings. The van der Waals surface area contributed by atoms with Gasteiger partial charge < -0.3 is 15.1 Å². The van der Waals surface area contributed by atoms with Crippen molar-refractivity contribution in [3.05, 3.63) is 52.8 Å². The highest BCUT2D eigenvalue weighted by Crippen LogP contribution is 2.23. The molecule has 0 radical (unpaired) electrons. The molecule has 1 aliphatic rings. The van der Waals surface area contributed by atoms with Crippen molar-refractivity contribution in [2.75, 3.05) is 20.1 Å². The highest BCUT2D eigenvalue weighted by molar-refractivity contribution is 7.89. The smallest absolute Gasteiger partial charge is 0.273 e. The number of fused-ring (bicyclic) bond motifs is 1. The first kappa shape index (κ1) is 20.4. The van der Waals surface area contributed by atoms with Gasteiger partial charge in [0.25, 0.3) is 15.9 Å². The van der Waals surface area contributed by atoms with Crippen molar-refractivity contribution in [2.24, 2.45) is 0 Å². The molecule has 1 atom stereocenters. The summed E-state index contributed by atoms with van der Waals surface area (Å²) in [6, 6.07) is 9.42. The number of amides is 1. The summed E-state index contributed by atoms with van der Waals surface area (Å²) in [5.74, 6) is -0.0908. The van der Waals surface area contributed by atoms with Crippen LogP contribution in [0.15, 0.2) is 39.8 Å². The van der Waals surface area contributed by atoms with Crippen molar-refractivity contribution in [2.45, 2.75) is 24.5 Å². The first-order chi connectivity index (χ1) is 11.9. The standard InChI is InChI=1S/C17H21N3O4S.ClH/c1-11-14(9-16(24-11)25(22,23)18-2)17(21)20-10-15-13-6-4-3-5-12(13)7-8-19-15;/h3-6,9,15,18-19H,7-8,10H2,1-2H3,(H,20,21);1H. The van der Waals surface area contributed by atoms with E-state index >= 15 is 0 Å². The Hall–Kier alpha value is -1.87. The lowest BCUT2D eigenvalue weighted by atomic mass is 9.94. The summed E-state index contributed by atoms with van der Waals surface area (Å²) in [7, 11) is -2.43. The molecule has 1 unspecified atom stereocenters. The van der Waals surface area contributed by atoms with Gasteiger partial charge in [-0.05, 0) is 38.1 Å². The fourth-order valence-electron chi connectivity index (χ4n) is 2.98. The Balaban J connectivity index is 0.00000243. The largest absolute Gasteiger partial charge is 0.448 e. The van der Waals surface area contributed by atoms with E-state index in [0.717, 1.165) is 13.0 Å². The zero-order chi connectivity index (χ0) is 18.0. The molecule has 9 heteroatoms. The van der Waals surface area contributed by atoms with Crippen molar-refractivity contribution < 1.29 is 17.6 Å². The predicted octanol–water partition coefficient (Wildman–Crippen LogP) is 1.53. The van der Waals surface area contributed by atoms with Gasteiger partial charge in [-0.2, -0.15) is 0 Å². The Morgan fingerprint density at radius 2 is 2.08 bits per heavy atom. The molecule has 142 valence electrons. The average Bonchev–Trinajstić information content (AvgIpc) is 3.02. The quantitative estimate of drug-likeness (QED) is 0.708. The van der Waals surface area contributed by atoms with Gasteiger partial charge >= 0.3 is 0 Å². The fraction of sp³-hybridized carbons (Fsp3) is 0.353. The fourth-order valence-corrected chi connectivity index (χ4v) is 3.69. The van der Waals surface area contributed by atoms with Crippen LogP contribution in [0, 0.1) is 6.92 Å². The highest BCUT2D eigenvalue weighted by Gasteiger charge is 2.24. The van der Waals surface area contributed by atoms with Crippen LogP contribution in [0.1, 0.15) is 33.3 Å². The summed E-state index contributed by atoms with van der Waals surface area (Å²) < 4.78 is 31.0. The summed E-state index contributed by atoms with van der Waals surface area (Å²) in [6.07, 6.45) is 0.965. The molecular weight excluding hydrogens is 378 g/mol. The van der Waals surface area contributed by atoms with Crippen molar-refractivity contribution in [1.82, 2.24) is 15.4 Å². The number of carbonyl (C=O) groups excluding carboxylic acids is 1. The number of hydrogen-bond acceptors (Lipinski definition) is 5. The van der Waals surface area contributed by atoms with E-state index in [1.807, 2.05) is 12.1 Å². The molecule has 3 rings (SSSR count). The number of nitrogens with one attached hydrogen (secondary N) is 3. The molecule has 1 aromatic heterocycles. The second-order valence-electron chi connectivity index (χ2n) is 5.91. The third kappa shape index (κ3) is 4.09. The Morgan fingerprint density at radius 1 is 1.35 bits per heavy atom. The third-order valence-corrected chi connectivity index (χ3v) is 5.62. The summed E-state index contributed by atoms with van der Waals surface area (Å²) in [5.41, 5.74) is 2.68. The van der Waals surface area contributed by atoms with Crippen molar-refractivity contribution >= 4 is 28.3 Å². The first-order valence-corrected chi connectivity index (χ1v) is 9.54. The van der Waals surface area contributed by atoms with Crippen LogP contribution < -0.4 is 15.4 Å². The maximum absolute atomic E-state index is 12.4. The van der Waals surface area contributed by atoms with Crippen LogP contribution in [0.2, 0.25) is 0 Å². The van der Waals surface area contributed by atoms with E-state index in [4.69, 9.17) is 4.42 Å². The summed E-state index contributed by atoms with van der Waals surface area (Å²) >= 11 is 0. The number of benzene rings is 1. The number of hydrogen-bond donors (Lipinski definition) is 3. The lowest BCUT2D eigenvalue weighted by Gasteiger charge is -2.27. The van der Waals surface area contributed by atoms with Crippen LogP contribution in [-0.2, 0) is 16.4 Å². The summed E-state index contributed by atoms with van der Waals surface area (Å²) in [5, 5.41) is 5.98. The lowest BCUT2D eigenvalue weighted by Crippen LogP contribution is -2.38. The Bertz CT molecular complexity index is 895. The molecule has 3 N–H and O–H groups in total. The first-order valence-electron chi connectivity index (χ1n) is 8.05. The minimum Gasteiger partial charge on any atom is -0.448 e. The minimum atomic E-state index is -3.72. The Labute approximate surface area is 159 Å². The number of carbonyl (C=O) groups is 1. The van der Waals surface area contributed by atoms with E-state index in [0.29, 0.717) is 6.54 Å². The Kier molecular flexibility index (Phi) is 6.46. The molecule has 0 bridgehead atoms. The molecule has 0 saturated carbocycles. The van der Waals surface area contributed by atoms with Crippen LogP contribution in [0.25, 0.3) is 0 Å². The van der Waals surface area contributed by atoms with E-state index in [2.05, 4.69) is 27.5 Å². The second kappa shape index (κ2) is 8.22. The van der Waals surface area contributed by atoms with Gasteiger partial charge in [0.2, 0.25) is 5.09 Å². The zero-order valence-corrected chi connectivity index (χ0v) is 16.2. The van der Waals surface area contributed by atoms with E-state index < -0.39 is 10.0 Å². The van der Waals surface area contributed by atoms with Crippen LogP contribution >= 0.6 is 12.4 Å². The minimum absolute atomic E-state index is 0. The number of furan rings is 1. The average molecular weight is 400 g/mol. The third-order valence-electron chi connectivity index (χ3n) is 4.36. The van der Waals surface area contributed by atoms with Crippen LogP contribution in [-0.4, -0.2) is 34.5 Å². The van der Waals surface area contributed by atoms with Crippen LogP contribution in [0.3, 0.4) is 0 Å². The van der Waals surface area contributed by atoms with Crippen LogP contribution in [0.5, 0.6) is 0 Å². The highest BCUT2D eigenvalue weighted by atomic mass is 35.5. The number of aryl methyl sites for hydroxylation is 1. The van der Waals surface area contributed by atoms with Gasteiger partial charge in [-0.15, -0.1) is 12.4 Å². The van der Waals surface area contributed by atoms with Gasteiger partial charge in [0, 0.05) is 18.7 Å². The van der Waals surface area contributed by atoms with Gasteiger partial charge in [0.15, 0.2) is 0 Å². The van der Waals surface area contributed by atoms with Gasteiger partial charge in [-0.25, -0.2) is 13.1 Å². The SMILES string of the molecule is CNS(=O)(=O)c1cc(C(=O)NCC2NCCc3ccccc32)c(C)o1.Cl. The van der Waals surface area contributed by atoms with E-state index in [1.165, 1.54) is 24.2 Å². The van der Waals surface area contributed by atoms with E-state index in [9.17, 15) is 13.2 Å². The lowest BCUT2D eigenvalue weighted by molar-refractivity contribution is 0.0947. The molecule has 0 fully saturated rings. The number of rotatable bonds is 5. The molecule has 7 nitrogen and oxygen atoms in total. The molecule has 0 spiro atoms. The number of halogens is 1. The topological polar surface area (TPSA) is 100 Å². The normalized spacial score (nSPS) is 16.5. The van der Waals surface area contributed by atoms with Gasteiger partial charge in [0.1, 0.15) is 5.76 Å².